The molecule has 3 nitrogen and oxygen atoms in total. The van der Waals surface area contributed by atoms with Crippen LogP contribution in [-0.4, -0.2) is 30.2 Å². The molecular weight excluding hydrogens is 144 g/mol. The summed E-state index contributed by atoms with van der Waals surface area (Å²) in [5.74, 6) is -0.434. The molecule has 1 unspecified atom stereocenters. The van der Waals surface area contributed by atoms with Crippen molar-refractivity contribution in [3.63, 3.8) is 0 Å². The second-order valence-electron chi connectivity index (χ2n) is 3.22. The lowest BCUT2D eigenvalue weighted by molar-refractivity contribution is -0.150. The van der Waals surface area contributed by atoms with Gasteiger partial charge in [0.05, 0.1) is 19.3 Å². The maximum absolute atomic E-state index is 9.02. The minimum absolute atomic E-state index is 0.264. The molecule has 1 N–H and O–H groups in total. The van der Waals surface area contributed by atoms with Gasteiger partial charge in [0.25, 0.3) is 0 Å². The largest absolute Gasteiger partial charge is 0.393 e. The van der Waals surface area contributed by atoms with E-state index in [9.17, 15) is 0 Å². The molecule has 0 aromatic rings. The average molecular weight is 160 g/mol. The van der Waals surface area contributed by atoms with Crippen LogP contribution in [0.2, 0.25) is 0 Å². The third-order valence-electron chi connectivity index (χ3n) is 1.91. The fourth-order valence-corrected chi connectivity index (χ4v) is 1.17. The summed E-state index contributed by atoms with van der Waals surface area (Å²) in [4.78, 5) is 0. The van der Waals surface area contributed by atoms with Crippen LogP contribution in [-0.2, 0) is 9.47 Å². The molecule has 1 fully saturated rings. The van der Waals surface area contributed by atoms with Crippen LogP contribution in [0.25, 0.3) is 0 Å². The first-order valence-electron chi connectivity index (χ1n) is 4.08. The van der Waals surface area contributed by atoms with Gasteiger partial charge < -0.3 is 14.6 Å². The van der Waals surface area contributed by atoms with Crippen molar-refractivity contribution in [2.45, 2.75) is 38.6 Å². The van der Waals surface area contributed by atoms with Crippen LogP contribution in [0.3, 0.4) is 0 Å². The van der Waals surface area contributed by atoms with Gasteiger partial charge in [0.15, 0.2) is 5.79 Å². The molecule has 0 aromatic carbocycles. The van der Waals surface area contributed by atoms with Crippen LogP contribution >= 0.6 is 0 Å². The molecule has 1 rings (SSSR count). The lowest BCUT2D eigenvalue weighted by atomic mass is 10.1. The molecule has 11 heavy (non-hydrogen) atoms. The monoisotopic (exact) mass is 160 g/mol. The van der Waals surface area contributed by atoms with Crippen molar-refractivity contribution in [1.82, 2.24) is 0 Å². The number of ether oxygens (including phenoxy) is 2. The zero-order valence-electron chi connectivity index (χ0n) is 7.17. The van der Waals surface area contributed by atoms with Crippen molar-refractivity contribution in [1.29, 1.82) is 0 Å². The molecule has 66 valence electrons. The van der Waals surface area contributed by atoms with E-state index in [1.54, 1.807) is 6.92 Å². The summed E-state index contributed by atoms with van der Waals surface area (Å²) in [7, 11) is 0. The molecule has 1 aliphatic rings. The van der Waals surface area contributed by atoms with Gasteiger partial charge in [-0.25, -0.2) is 0 Å². The topological polar surface area (TPSA) is 38.7 Å². The van der Waals surface area contributed by atoms with Crippen molar-refractivity contribution in [2.75, 3.05) is 13.2 Å². The quantitative estimate of drug-likeness (QED) is 0.667. The van der Waals surface area contributed by atoms with Crippen LogP contribution in [0.5, 0.6) is 0 Å². The molecule has 0 radical (unpaired) electrons. The summed E-state index contributed by atoms with van der Waals surface area (Å²) in [6.07, 6.45) is 1.24. The summed E-state index contributed by atoms with van der Waals surface area (Å²) >= 11 is 0. The Morgan fingerprint density at radius 2 is 2.00 bits per heavy atom. The molecule has 1 atom stereocenters. The van der Waals surface area contributed by atoms with E-state index >= 15 is 0 Å². The van der Waals surface area contributed by atoms with E-state index in [0.29, 0.717) is 13.2 Å². The highest BCUT2D eigenvalue weighted by Crippen LogP contribution is 2.24. The Morgan fingerprint density at radius 1 is 1.45 bits per heavy atom. The maximum Gasteiger partial charge on any atom is 0.165 e. The van der Waals surface area contributed by atoms with E-state index < -0.39 is 5.79 Å². The first-order chi connectivity index (χ1) is 5.12. The zero-order chi connectivity index (χ0) is 8.32. The lowest BCUT2D eigenvalue weighted by Crippen LogP contribution is -2.26. The Hall–Kier alpha value is -0.120. The molecule has 1 aliphatic heterocycles. The minimum atomic E-state index is -0.434. The Morgan fingerprint density at radius 3 is 2.45 bits per heavy atom. The van der Waals surface area contributed by atoms with Crippen molar-refractivity contribution in [2.24, 2.45) is 0 Å². The van der Waals surface area contributed by atoms with Gasteiger partial charge in [0.1, 0.15) is 0 Å². The highest BCUT2D eigenvalue weighted by molar-refractivity contribution is 4.68. The molecule has 0 spiro atoms. The molecule has 3 heteroatoms. The zero-order valence-corrected chi connectivity index (χ0v) is 7.17. The number of rotatable bonds is 3. The van der Waals surface area contributed by atoms with Gasteiger partial charge in [0.2, 0.25) is 0 Å². The Balaban J connectivity index is 2.23. The SMILES string of the molecule is CC(O)CCC1(C)OCCO1. The fourth-order valence-electron chi connectivity index (χ4n) is 1.17. The van der Waals surface area contributed by atoms with Crippen molar-refractivity contribution >= 4 is 0 Å². The summed E-state index contributed by atoms with van der Waals surface area (Å²) in [6.45, 7) is 5.05. The second-order valence-corrected chi connectivity index (χ2v) is 3.22. The van der Waals surface area contributed by atoms with Gasteiger partial charge in [-0.2, -0.15) is 0 Å². The van der Waals surface area contributed by atoms with Crippen LogP contribution in [0.1, 0.15) is 26.7 Å². The number of hydrogen-bond acceptors (Lipinski definition) is 3. The highest BCUT2D eigenvalue weighted by atomic mass is 16.7. The van der Waals surface area contributed by atoms with E-state index in [0.717, 1.165) is 12.8 Å². The van der Waals surface area contributed by atoms with E-state index in [1.165, 1.54) is 0 Å². The van der Waals surface area contributed by atoms with Crippen LogP contribution < -0.4 is 0 Å². The third-order valence-corrected chi connectivity index (χ3v) is 1.91. The first-order valence-corrected chi connectivity index (χ1v) is 4.08. The van der Waals surface area contributed by atoms with Crippen LogP contribution in [0.15, 0.2) is 0 Å². The predicted molar refractivity (Wildman–Crippen MR) is 41.2 cm³/mol. The van der Waals surface area contributed by atoms with Gasteiger partial charge in [-0.15, -0.1) is 0 Å². The lowest BCUT2D eigenvalue weighted by Gasteiger charge is -2.22. The highest BCUT2D eigenvalue weighted by Gasteiger charge is 2.30. The minimum Gasteiger partial charge on any atom is -0.393 e. The standard InChI is InChI=1S/C8H16O3/c1-7(9)3-4-8(2)10-5-6-11-8/h7,9H,3-6H2,1-2H3. The van der Waals surface area contributed by atoms with E-state index in [2.05, 4.69) is 0 Å². The number of hydrogen-bond donors (Lipinski definition) is 1. The number of aliphatic hydroxyl groups is 1. The summed E-state index contributed by atoms with van der Waals surface area (Å²) in [5.41, 5.74) is 0. The van der Waals surface area contributed by atoms with Crippen molar-refractivity contribution < 1.29 is 14.6 Å². The molecule has 0 amide bonds. The van der Waals surface area contributed by atoms with Gasteiger partial charge in [0, 0.05) is 6.42 Å². The Kier molecular flexibility index (Phi) is 2.87. The van der Waals surface area contributed by atoms with E-state index in [-0.39, 0.29) is 6.10 Å². The summed E-state index contributed by atoms with van der Waals surface area (Å²) < 4.78 is 10.7. The fraction of sp³-hybridized carbons (Fsp3) is 1.00. The normalized spacial score (nSPS) is 25.4. The Bertz CT molecular complexity index is 117. The molecule has 1 saturated heterocycles. The van der Waals surface area contributed by atoms with E-state index in [1.807, 2.05) is 6.92 Å². The molecule has 1 heterocycles. The molecule has 0 aliphatic carbocycles. The number of aliphatic hydroxyl groups excluding tert-OH is 1. The smallest absolute Gasteiger partial charge is 0.165 e. The van der Waals surface area contributed by atoms with Crippen molar-refractivity contribution in [3.05, 3.63) is 0 Å². The summed E-state index contributed by atoms with van der Waals surface area (Å²) in [5, 5.41) is 9.02. The molecule has 0 saturated carbocycles. The summed E-state index contributed by atoms with van der Waals surface area (Å²) in [6, 6.07) is 0. The van der Waals surface area contributed by atoms with Crippen LogP contribution in [0, 0.1) is 0 Å². The Labute approximate surface area is 67.3 Å². The maximum atomic E-state index is 9.02. The second kappa shape index (κ2) is 3.52. The molecular formula is C8H16O3. The van der Waals surface area contributed by atoms with Crippen molar-refractivity contribution in [3.8, 4) is 0 Å². The van der Waals surface area contributed by atoms with Gasteiger partial charge >= 0.3 is 0 Å². The van der Waals surface area contributed by atoms with Crippen LogP contribution in [0.4, 0.5) is 0 Å². The van der Waals surface area contributed by atoms with Gasteiger partial charge in [-0.3, -0.25) is 0 Å². The predicted octanol–water partition coefficient (Wildman–Crippen LogP) is 0.910. The first kappa shape index (κ1) is 8.97. The van der Waals surface area contributed by atoms with Gasteiger partial charge in [-0.05, 0) is 20.3 Å². The molecule has 0 aromatic heterocycles. The van der Waals surface area contributed by atoms with E-state index in [4.69, 9.17) is 14.6 Å². The van der Waals surface area contributed by atoms with Gasteiger partial charge in [-0.1, -0.05) is 0 Å². The molecule has 0 bridgehead atoms. The average Bonchev–Trinajstić information content (AvgIpc) is 2.33. The third kappa shape index (κ3) is 2.77.